The van der Waals surface area contributed by atoms with E-state index in [0.717, 1.165) is 4.88 Å². The first-order valence-electron chi connectivity index (χ1n) is 11.1. The van der Waals surface area contributed by atoms with Crippen molar-refractivity contribution in [3.8, 4) is 5.88 Å². The highest BCUT2D eigenvalue weighted by atomic mass is 32.1. The van der Waals surface area contributed by atoms with E-state index < -0.39 is 0 Å². The van der Waals surface area contributed by atoms with Crippen LogP contribution in [-0.2, 0) is 22.7 Å². The average molecular weight is 452 g/mol. The second kappa shape index (κ2) is 7.60. The number of hydrogen-bond donors (Lipinski definition) is 2. The van der Waals surface area contributed by atoms with Crippen molar-refractivity contribution < 1.29 is 5.11 Å². The van der Waals surface area contributed by atoms with Crippen LogP contribution in [0.25, 0.3) is 0 Å². The maximum absolute atomic E-state index is 9.99. The summed E-state index contributed by atoms with van der Waals surface area (Å²) in [6, 6.07) is 16.0. The lowest BCUT2D eigenvalue weighted by molar-refractivity contribution is 0.331. The molecule has 31 heavy (non-hydrogen) atoms. The maximum Gasteiger partial charge on any atom is 0.203 e. The first kappa shape index (κ1) is 22.3. The number of aromatic amines is 1. The van der Waals surface area contributed by atoms with Gasteiger partial charge in [-0.25, -0.2) is 0 Å². The van der Waals surface area contributed by atoms with E-state index in [-0.39, 0.29) is 22.1 Å². The highest BCUT2D eigenvalue weighted by Crippen LogP contribution is 2.47. The van der Waals surface area contributed by atoms with Gasteiger partial charge in [0.05, 0.1) is 4.88 Å². The van der Waals surface area contributed by atoms with E-state index in [2.05, 4.69) is 89.0 Å². The molecule has 0 unspecified atom stereocenters. The van der Waals surface area contributed by atoms with Gasteiger partial charge in [0.15, 0.2) is 3.95 Å². The molecular formula is C27H33NOS2. The number of aromatic nitrogens is 1. The minimum Gasteiger partial charge on any atom is -0.494 e. The molecule has 0 bridgehead atoms. The molecule has 1 aliphatic rings. The molecule has 3 aromatic rings. The highest BCUT2D eigenvalue weighted by Gasteiger charge is 2.38. The minimum atomic E-state index is -0.0854. The molecule has 164 valence electrons. The molecule has 0 saturated carbocycles. The molecule has 1 aliphatic carbocycles. The van der Waals surface area contributed by atoms with Gasteiger partial charge in [0.2, 0.25) is 5.88 Å². The molecule has 0 spiro atoms. The largest absolute Gasteiger partial charge is 0.494 e. The monoisotopic (exact) mass is 451 g/mol. The van der Waals surface area contributed by atoms with Crippen molar-refractivity contribution in [1.29, 1.82) is 0 Å². The fourth-order valence-corrected chi connectivity index (χ4v) is 6.00. The first-order valence-corrected chi connectivity index (χ1v) is 12.3. The molecule has 1 aromatic heterocycles. The number of nitrogens with one attached hydrogen (secondary N) is 1. The van der Waals surface area contributed by atoms with Gasteiger partial charge in [-0.1, -0.05) is 84.0 Å². The summed E-state index contributed by atoms with van der Waals surface area (Å²) in [4.78, 5) is 3.70. The Morgan fingerprint density at radius 3 is 2.10 bits per heavy atom. The zero-order chi connectivity index (χ0) is 22.6. The van der Waals surface area contributed by atoms with Gasteiger partial charge in [-0.05, 0) is 63.7 Å². The average Bonchev–Trinajstić information content (AvgIpc) is 3.02. The lowest BCUT2D eigenvalue weighted by atomic mass is 9.62. The third kappa shape index (κ3) is 4.12. The summed E-state index contributed by atoms with van der Waals surface area (Å²) in [5.74, 6) is 0.194. The Balaban J connectivity index is 1.66. The molecule has 2 nitrogen and oxygen atoms in total. The Hall–Kier alpha value is -1.91. The normalized spacial score (nSPS) is 17.4. The quantitative estimate of drug-likeness (QED) is 0.397. The third-order valence-corrected chi connectivity index (χ3v) is 8.54. The first-order chi connectivity index (χ1) is 14.4. The van der Waals surface area contributed by atoms with Crippen molar-refractivity contribution >= 4 is 23.6 Å². The summed E-state index contributed by atoms with van der Waals surface area (Å²) in [5, 5.41) is 9.99. The summed E-state index contributed by atoms with van der Waals surface area (Å²) in [6.45, 7) is 14.2. The van der Waals surface area contributed by atoms with Crippen molar-refractivity contribution in [1.82, 2.24) is 4.98 Å². The summed E-state index contributed by atoms with van der Waals surface area (Å²) in [7, 11) is 0. The van der Waals surface area contributed by atoms with Crippen LogP contribution < -0.4 is 0 Å². The Morgan fingerprint density at radius 1 is 0.935 bits per heavy atom. The smallest absolute Gasteiger partial charge is 0.203 e. The number of fused-ring (bicyclic) bond motifs is 1. The van der Waals surface area contributed by atoms with Crippen LogP contribution in [-0.4, -0.2) is 10.1 Å². The summed E-state index contributed by atoms with van der Waals surface area (Å²) >= 11 is 6.57. The van der Waals surface area contributed by atoms with Gasteiger partial charge in [-0.2, -0.15) is 0 Å². The summed E-state index contributed by atoms with van der Waals surface area (Å²) in [5.41, 5.74) is 7.23. The van der Waals surface area contributed by atoms with Crippen LogP contribution in [0.3, 0.4) is 0 Å². The topological polar surface area (TPSA) is 36.0 Å². The van der Waals surface area contributed by atoms with Crippen molar-refractivity contribution in [3.05, 3.63) is 79.1 Å². The van der Waals surface area contributed by atoms with Crippen LogP contribution in [0, 0.1) is 3.95 Å². The number of hydrogen-bond acceptors (Lipinski definition) is 3. The van der Waals surface area contributed by atoms with Crippen molar-refractivity contribution in [2.45, 2.75) is 77.0 Å². The van der Waals surface area contributed by atoms with Gasteiger partial charge in [-0.3, -0.25) is 0 Å². The van der Waals surface area contributed by atoms with Crippen molar-refractivity contribution in [2.24, 2.45) is 0 Å². The third-order valence-electron chi connectivity index (χ3n) is 7.32. The van der Waals surface area contributed by atoms with Crippen LogP contribution >= 0.6 is 23.6 Å². The van der Waals surface area contributed by atoms with E-state index in [0.29, 0.717) is 10.4 Å². The van der Waals surface area contributed by atoms with Gasteiger partial charge in [0.1, 0.15) is 0 Å². The fourth-order valence-electron chi connectivity index (χ4n) is 4.84. The lowest BCUT2D eigenvalue weighted by Crippen LogP contribution is -2.34. The standard InChI is InChI=1S/C27H33NOS2/c1-25(2)13-14-26(3,4)21-16-19(11-12-20(21)25)27(5,6)18-9-7-17(8-10-18)15-22-23(29)28-24(30)31-22/h7-12,16,29H,13-15H2,1-6H3,(H,28,30). The lowest BCUT2D eigenvalue weighted by Gasteiger charge is -2.43. The Morgan fingerprint density at radius 2 is 1.52 bits per heavy atom. The van der Waals surface area contributed by atoms with Crippen LogP contribution in [0.2, 0.25) is 0 Å². The Kier molecular flexibility index (Phi) is 5.46. The maximum atomic E-state index is 9.99. The zero-order valence-electron chi connectivity index (χ0n) is 19.4. The Bertz CT molecular complexity index is 1160. The Labute approximate surface area is 195 Å². The van der Waals surface area contributed by atoms with E-state index in [1.807, 2.05) is 0 Å². The molecule has 0 saturated heterocycles. The molecule has 1 heterocycles. The van der Waals surface area contributed by atoms with Crippen LogP contribution in [0.15, 0.2) is 42.5 Å². The molecule has 0 aliphatic heterocycles. The molecule has 4 heteroatoms. The van der Waals surface area contributed by atoms with E-state index in [4.69, 9.17) is 12.2 Å². The second-order valence-corrected chi connectivity index (χ2v) is 12.6. The fraction of sp³-hybridized carbons (Fsp3) is 0.444. The van der Waals surface area contributed by atoms with Gasteiger partial charge in [0.25, 0.3) is 0 Å². The zero-order valence-corrected chi connectivity index (χ0v) is 21.1. The predicted octanol–water partition coefficient (Wildman–Crippen LogP) is 7.78. The van der Waals surface area contributed by atoms with E-state index in [9.17, 15) is 5.11 Å². The molecule has 2 aromatic carbocycles. The molecule has 0 amide bonds. The van der Waals surface area contributed by atoms with Crippen LogP contribution in [0.1, 0.15) is 87.1 Å². The molecule has 0 fully saturated rings. The van der Waals surface area contributed by atoms with Crippen LogP contribution in [0.4, 0.5) is 0 Å². The van der Waals surface area contributed by atoms with Crippen LogP contribution in [0.5, 0.6) is 5.88 Å². The minimum absolute atomic E-state index is 0.0854. The van der Waals surface area contributed by atoms with Crippen molar-refractivity contribution in [2.75, 3.05) is 0 Å². The number of H-pyrrole nitrogens is 1. The number of benzene rings is 2. The van der Waals surface area contributed by atoms with Gasteiger partial charge in [0, 0.05) is 11.8 Å². The number of rotatable bonds is 4. The van der Waals surface area contributed by atoms with Gasteiger partial charge in [-0.15, -0.1) is 11.3 Å². The van der Waals surface area contributed by atoms with Crippen molar-refractivity contribution in [3.63, 3.8) is 0 Å². The van der Waals surface area contributed by atoms with Gasteiger partial charge >= 0.3 is 0 Å². The van der Waals surface area contributed by atoms with E-state index in [1.54, 1.807) is 0 Å². The molecular weight excluding hydrogens is 418 g/mol. The molecule has 2 N–H and O–H groups in total. The number of aromatic hydroxyl groups is 1. The SMILES string of the molecule is CC1(C)CCC(C)(C)c2cc(C(C)(C)c3ccc(Cc4sc(=S)[nH]c4O)cc3)ccc21. The van der Waals surface area contributed by atoms with Gasteiger partial charge < -0.3 is 10.1 Å². The second-order valence-electron chi connectivity index (χ2n) is 10.8. The number of thiazole rings is 1. The highest BCUT2D eigenvalue weighted by molar-refractivity contribution is 7.73. The summed E-state index contributed by atoms with van der Waals surface area (Å²) < 4.78 is 0.615. The predicted molar refractivity (Wildman–Crippen MR) is 134 cm³/mol. The van der Waals surface area contributed by atoms with E-state index in [1.165, 1.54) is 52.0 Å². The van der Waals surface area contributed by atoms with E-state index >= 15 is 0 Å². The molecule has 0 atom stereocenters. The summed E-state index contributed by atoms with van der Waals surface area (Å²) in [6.07, 6.45) is 3.15. The molecule has 0 radical (unpaired) electrons. The molecule has 4 rings (SSSR count).